The van der Waals surface area contributed by atoms with E-state index in [2.05, 4.69) is 54.3 Å². The quantitative estimate of drug-likeness (QED) is 0.577. The van der Waals surface area contributed by atoms with Crippen molar-refractivity contribution in [2.24, 2.45) is 5.92 Å². The lowest BCUT2D eigenvalue weighted by Crippen LogP contribution is -2.58. The molecular weight excluding hydrogens is 450 g/mol. The molecule has 3 fully saturated rings. The molecule has 2 amide bonds. The lowest BCUT2D eigenvalue weighted by molar-refractivity contribution is -0.929. The molecule has 6 rings (SSSR count). The number of H-pyrrole nitrogens is 1. The van der Waals surface area contributed by atoms with E-state index in [4.69, 9.17) is 4.74 Å². The lowest BCUT2D eigenvalue weighted by atomic mass is 9.73. The zero-order valence-corrected chi connectivity index (χ0v) is 22.4. The highest BCUT2D eigenvalue weighted by molar-refractivity contribution is 5.89. The summed E-state index contributed by atoms with van der Waals surface area (Å²) in [5, 5.41) is 4.89. The molecule has 3 atom stereocenters. The van der Waals surface area contributed by atoms with E-state index in [0.29, 0.717) is 12.0 Å². The van der Waals surface area contributed by atoms with Gasteiger partial charge >= 0.3 is 6.03 Å². The number of urea groups is 1. The number of benzene rings is 1. The summed E-state index contributed by atoms with van der Waals surface area (Å²) in [7, 11) is 2.39. The Bertz CT molecular complexity index is 1100. The molecule has 1 aromatic heterocycles. The summed E-state index contributed by atoms with van der Waals surface area (Å²) in [6.07, 6.45) is 4.87. The predicted molar refractivity (Wildman–Crippen MR) is 143 cm³/mol. The lowest BCUT2D eigenvalue weighted by Gasteiger charge is -2.48. The van der Waals surface area contributed by atoms with Gasteiger partial charge in [-0.1, -0.05) is 12.1 Å². The number of piperidine rings is 1. The molecule has 36 heavy (non-hydrogen) atoms. The van der Waals surface area contributed by atoms with Crippen molar-refractivity contribution in [2.75, 3.05) is 59.5 Å². The fraction of sp³-hybridized carbons (Fsp3) is 0.690. The van der Waals surface area contributed by atoms with Crippen LogP contribution in [0.25, 0.3) is 10.9 Å². The smallest absolute Gasteiger partial charge is 0.317 e. The average Bonchev–Trinajstić information content (AvgIpc) is 3.62. The van der Waals surface area contributed by atoms with Gasteiger partial charge in [0.2, 0.25) is 0 Å². The Labute approximate surface area is 215 Å². The summed E-state index contributed by atoms with van der Waals surface area (Å²) in [5.74, 6) is 1.30. The minimum atomic E-state index is 0.0935. The Morgan fingerprint density at radius 2 is 2.00 bits per heavy atom. The van der Waals surface area contributed by atoms with Crippen LogP contribution >= 0.6 is 0 Å². The maximum Gasteiger partial charge on any atom is 0.317 e. The molecule has 2 aromatic rings. The first kappa shape index (κ1) is 24.3. The number of rotatable bonds is 7. The van der Waals surface area contributed by atoms with Crippen LogP contribution in [0.1, 0.15) is 55.8 Å². The zero-order valence-electron chi connectivity index (χ0n) is 22.4. The number of hydrogen-bond acceptors (Lipinski definition) is 3. The fourth-order valence-electron chi connectivity index (χ4n) is 7.14. The van der Waals surface area contributed by atoms with Crippen LogP contribution in [0.2, 0.25) is 0 Å². The minimum absolute atomic E-state index is 0.0935. The molecular formula is C29H44N5O2+. The van der Waals surface area contributed by atoms with E-state index in [1.165, 1.54) is 41.5 Å². The van der Waals surface area contributed by atoms with Crippen molar-refractivity contribution in [1.29, 1.82) is 0 Å². The number of carbonyl (C=O) groups excluding carboxylic acids is 1. The second-order valence-corrected chi connectivity index (χ2v) is 12.0. The van der Waals surface area contributed by atoms with Crippen LogP contribution in [-0.4, -0.2) is 96.9 Å². The summed E-state index contributed by atoms with van der Waals surface area (Å²) in [5.41, 5.74) is 5.77. The van der Waals surface area contributed by atoms with Gasteiger partial charge in [-0.2, -0.15) is 0 Å². The molecule has 0 bridgehead atoms. The van der Waals surface area contributed by atoms with E-state index in [1.807, 2.05) is 4.90 Å². The number of ether oxygens (including phenoxy) is 1. The molecule has 7 nitrogen and oxygen atoms in total. The number of amides is 2. The molecule has 7 heteroatoms. The summed E-state index contributed by atoms with van der Waals surface area (Å²) in [4.78, 5) is 21.5. The van der Waals surface area contributed by atoms with Gasteiger partial charge in [0.1, 0.15) is 19.6 Å². The van der Waals surface area contributed by atoms with Crippen LogP contribution in [0.5, 0.6) is 0 Å². The molecule has 1 unspecified atom stereocenters. The van der Waals surface area contributed by atoms with Crippen LogP contribution in [0.15, 0.2) is 18.2 Å². The Balaban J connectivity index is 1.32. The van der Waals surface area contributed by atoms with Crippen molar-refractivity contribution >= 4 is 16.9 Å². The molecule has 3 heterocycles. The number of morpholine rings is 1. The Morgan fingerprint density at radius 3 is 2.72 bits per heavy atom. The van der Waals surface area contributed by atoms with Gasteiger partial charge in [-0.15, -0.1) is 0 Å². The maximum absolute atomic E-state index is 13.0. The standard InChI is InChI=1S/C29H43N5O2/c1-4-32(5-2)29(35)30-21-15-23-22-7-6-8-25-28(22)24(16-27(23)33(18-21)17-20-9-10-20)26(31-25)19-34(3)11-13-36-14-12-34/h6-8,20-21,23,27,31H,4-5,9-19H2,1-3H3/p+1/t21?,23-,27-/m1/s1. The predicted octanol–water partition coefficient (Wildman–Crippen LogP) is 3.69. The number of hydrogen-bond donors (Lipinski definition) is 2. The molecule has 0 spiro atoms. The molecule has 2 aliphatic heterocycles. The second kappa shape index (κ2) is 9.66. The van der Waals surface area contributed by atoms with E-state index >= 15 is 0 Å². The van der Waals surface area contributed by atoms with Gasteiger partial charge in [0.25, 0.3) is 0 Å². The topological polar surface area (TPSA) is 60.6 Å². The van der Waals surface area contributed by atoms with Crippen LogP contribution in [0, 0.1) is 5.92 Å². The van der Waals surface area contributed by atoms with E-state index in [1.54, 1.807) is 5.56 Å². The molecule has 1 saturated carbocycles. The van der Waals surface area contributed by atoms with Gasteiger partial charge in [-0.05, 0) is 62.6 Å². The first-order chi connectivity index (χ1) is 17.5. The van der Waals surface area contributed by atoms with E-state index in [0.717, 1.165) is 75.7 Å². The van der Waals surface area contributed by atoms with E-state index in [9.17, 15) is 4.79 Å². The number of carbonyl (C=O) groups is 1. The number of quaternary nitrogens is 1. The zero-order chi connectivity index (χ0) is 24.9. The third kappa shape index (κ3) is 4.54. The number of aromatic nitrogens is 1. The monoisotopic (exact) mass is 494 g/mol. The minimum Gasteiger partial charge on any atom is -0.370 e. The number of nitrogens with one attached hydrogen (secondary N) is 2. The largest absolute Gasteiger partial charge is 0.370 e. The fourth-order valence-corrected chi connectivity index (χ4v) is 7.14. The van der Waals surface area contributed by atoms with Gasteiger partial charge in [0.05, 0.1) is 26.0 Å². The molecule has 2 N–H and O–H groups in total. The molecule has 2 saturated heterocycles. The van der Waals surface area contributed by atoms with Crippen molar-refractivity contribution in [3.05, 3.63) is 35.0 Å². The van der Waals surface area contributed by atoms with Gasteiger partial charge in [-0.3, -0.25) is 4.90 Å². The third-order valence-electron chi connectivity index (χ3n) is 9.45. The van der Waals surface area contributed by atoms with Gasteiger partial charge in [-0.25, -0.2) is 4.79 Å². The Morgan fingerprint density at radius 1 is 1.22 bits per heavy atom. The average molecular weight is 495 g/mol. The number of likely N-dealkylation sites (N-methyl/N-ethyl adjacent to an activating group) is 1. The van der Waals surface area contributed by atoms with E-state index in [-0.39, 0.29) is 12.1 Å². The molecule has 196 valence electrons. The van der Waals surface area contributed by atoms with Crippen LogP contribution in [-0.2, 0) is 17.7 Å². The Kier molecular flexibility index (Phi) is 6.51. The number of nitrogens with zero attached hydrogens (tertiary/aromatic N) is 3. The van der Waals surface area contributed by atoms with Crippen LogP contribution in [0.4, 0.5) is 4.79 Å². The van der Waals surface area contributed by atoms with Gasteiger partial charge in [0, 0.05) is 55.1 Å². The highest BCUT2D eigenvalue weighted by Crippen LogP contribution is 2.46. The number of aromatic amines is 1. The van der Waals surface area contributed by atoms with Gasteiger partial charge in [0.15, 0.2) is 0 Å². The molecule has 1 aromatic carbocycles. The van der Waals surface area contributed by atoms with Crippen molar-refractivity contribution in [3.63, 3.8) is 0 Å². The normalized spacial score (nSPS) is 27.6. The third-order valence-corrected chi connectivity index (χ3v) is 9.45. The van der Waals surface area contributed by atoms with Crippen molar-refractivity contribution in [1.82, 2.24) is 20.1 Å². The number of likely N-dealkylation sites (tertiary alicyclic amines) is 1. The maximum atomic E-state index is 13.0. The highest BCUT2D eigenvalue weighted by atomic mass is 16.5. The van der Waals surface area contributed by atoms with Crippen molar-refractivity contribution in [2.45, 2.75) is 64.1 Å². The number of fused-ring (bicyclic) bond motifs is 2. The summed E-state index contributed by atoms with van der Waals surface area (Å²) in [6.45, 7) is 12.7. The summed E-state index contributed by atoms with van der Waals surface area (Å²) < 4.78 is 6.73. The first-order valence-electron chi connectivity index (χ1n) is 14.3. The SMILES string of the molecule is CCN(CC)C(=O)NC1C[C@@H]2c3cccc4[nH]c(C[N+]5(C)CCOCC5)c(c34)C[C@H]2N(CC2CC2)C1. The second-order valence-electron chi connectivity index (χ2n) is 12.0. The van der Waals surface area contributed by atoms with Crippen molar-refractivity contribution < 1.29 is 14.0 Å². The summed E-state index contributed by atoms with van der Waals surface area (Å²) >= 11 is 0. The summed E-state index contributed by atoms with van der Waals surface area (Å²) in [6, 6.07) is 7.68. The molecule has 4 aliphatic rings. The van der Waals surface area contributed by atoms with Crippen LogP contribution in [0.3, 0.4) is 0 Å². The molecule has 2 aliphatic carbocycles. The molecule has 0 radical (unpaired) electrons. The highest BCUT2D eigenvalue weighted by Gasteiger charge is 2.44. The van der Waals surface area contributed by atoms with Crippen LogP contribution < -0.4 is 5.32 Å². The van der Waals surface area contributed by atoms with Gasteiger partial charge < -0.3 is 24.4 Å². The van der Waals surface area contributed by atoms with E-state index < -0.39 is 0 Å². The first-order valence-corrected chi connectivity index (χ1v) is 14.3. The van der Waals surface area contributed by atoms with Crippen molar-refractivity contribution in [3.8, 4) is 0 Å². The Hall–Kier alpha value is -2.09.